The van der Waals surface area contributed by atoms with Crippen LogP contribution in [-0.2, 0) is 21.1 Å². The first-order valence-corrected chi connectivity index (χ1v) is 11.5. The average molecular weight is 420 g/mol. The molecule has 1 amide bonds. The molecule has 0 spiro atoms. The van der Waals surface area contributed by atoms with Gasteiger partial charge in [-0.1, -0.05) is 54.8 Å². The van der Waals surface area contributed by atoms with Crippen LogP contribution in [0.25, 0.3) is 0 Å². The molecule has 4 nitrogen and oxygen atoms in total. The Kier molecular flexibility index (Phi) is 6.46. The van der Waals surface area contributed by atoms with Crippen LogP contribution in [0.5, 0.6) is 0 Å². The maximum Gasteiger partial charge on any atom is 0.244 e. The van der Waals surface area contributed by atoms with E-state index < -0.39 is 14.6 Å². The van der Waals surface area contributed by atoms with E-state index in [1.165, 1.54) is 17.7 Å². The van der Waals surface area contributed by atoms with Crippen molar-refractivity contribution in [3.63, 3.8) is 0 Å². The Morgan fingerprint density at radius 3 is 2.25 bits per heavy atom. The first-order chi connectivity index (χ1) is 13.4. The summed E-state index contributed by atoms with van der Waals surface area (Å²) in [5.74, 6) is -0.284. The molecule has 0 N–H and O–H groups in total. The number of sulfone groups is 1. The highest BCUT2D eigenvalue weighted by Crippen LogP contribution is 2.42. The Balaban J connectivity index is 1.76. The van der Waals surface area contributed by atoms with Gasteiger partial charge in [0.2, 0.25) is 5.91 Å². The number of halogens is 1. The number of carbonyl (C=O) groups excluding carboxylic acids is 1. The van der Waals surface area contributed by atoms with Gasteiger partial charge < -0.3 is 4.90 Å². The van der Waals surface area contributed by atoms with Crippen LogP contribution in [0, 0.1) is 0 Å². The summed E-state index contributed by atoms with van der Waals surface area (Å²) in [7, 11) is -2.08. The van der Waals surface area contributed by atoms with E-state index in [-0.39, 0.29) is 10.8 Å². The molecule has 0 aromatic heterocycles. The molecule has 1 aliphatic carbocycles. The summed E-state index contributed by atoms with van der Waals surface area (Å²) in [5, 5.41) is 0.476. The van der Waals surface area contributed by atoms with Crippen molar-refractivity contribution in [3.05, 3.63) is 65.2 Å². The normalized spacial score (nSPS) is 16.1. The molecular weight excluding hydrogens is 394 g/mol. The molecule has 0 saturated heterocycles. The summed E-state index contributed by atoms with van der Waals surface area (Å²) in [6, 6.07) is 16.2. The molecule has 0 heterocycles. The van der Waals surface area contributed by atoms with E-state index in [2.05, 4.69) is 12.1 Å². The van der Waals surface area contributed by atoms with Crippen molar-refractivity contribution in [1.82, 2.24) is 4.90 Å². The van der Waals surface area contributed by atoms with Crippen LogP contribution in [0.3, 0.4) is 0 Å². The fourth-order valence-electron chi connectivity index (χ4n) is 4.00. The first-order valence-electron chi connectivity index (χ1n) is 9.66. The highest BCUT2D eigenvalue weighted by molar-refractivity contribution is 7.93. The highest BCUT2D eigenvalue weighted by Gasteiger charge is 2.53. The lowest BCUT2D eigenvalue weighted by Crippen LogP contribution is -2.51. The van der Waals surface area contributed by atoms with E-state index in [9.17, 15) is 13.2 Å². The quantitative estimate of drug-likeness (QED) is 0.663. The van der Waals surface area contributed by atoms with E-state index in [0.717, 1.165) is 25.7 Å². The number of carbonyl (C=O) groups is 1. The van der Waals surface area contributed by atoms with E-state index in [1.807, 2.05) is 18.2 Å². The highest BCUT2D eigenvalue weighted by atomic mass is 35.5. The van der Waals surface area contributed by atoms with Gasteiger partial charge in [-0.25, -0.2) is 8.42 Å². The zero-order valence-electron chi connectivity index (χ0n) is 16.1. The molecule has 2 aromatic rings. The lowest BCUT2D eigenvalue weighted by Gasteiger charge is -2.32. The molecule has 0 radical (unpaired) electrons. The van der Waals surface area contributed by atoms with Gasteiger partial charge in [-0.15, -0.1) is 0 Å². The van der Waals surface area contributed by atoms with Gasteiger partial charge in [0.1, 0.15) is 0 Å². The lowest BCUT2D eigenvalue weighted by molar-refractivity contribution is -0.132. The minimum atomic E-state index is -3.79. The zero-order chi connectivity index (χ0) is 20.2. The fraction of sp³-hybridized carbons (Fsp3) is 0.409. The van der Waals surface area contributed by atoms with Gasteiger partial charge >= 0.3 is 0 Å². The number of hydrogen-bond donors (Lipinski definition) is 0. The van der Waals surface area contributed by atoms with Crippen LogP contribution in [-0.4, -0.2) is 37.6 Å². The molecule has 0 atom stereocenters. The van der Waals surface area contributed by atoms with Crippen LogP contribution >= 0.6 is 11.6 Å². The molecule has 1 fully saturated rings. The maximum atomic E-state index is 13.4. The Morgan fingerprint density at radius 2 is 1.64 bits per heavy atom. The minimum absolute atomic E-state index is 0.171. The van der Waals surface area contributed by atoms with Crippen LogP contribution in [0.2, 0.25) is 5.02 Å². The summed E-state index contributed by atoms with van der Waals surface area (Å²) in [5.41, 5.74) is 1.22. The smallest absolute Gasteiger partial charge is 0.244 e. The van der Waals surface area contributed by atoms with Crippen LogP contribution in [0.15, 0.2) is 59.5 Å². The predicted octanol–water partition coefficient (Wildman–Crippen LogP) is 4.52. The third-order valence-corrected chi connectivity index (χ3v) is 8.34. The number of amides is 1. The summed E-state index contributed by atoms with van der Waals surface area (Å²) in [6.07, 6.45) is 3.89. The zero-order valence-corrected chi connectivity index (χ0v) is 17.7. The van der Waals surface area contributed by atoms with Gasteiger partial charge in [0.05, 0.1) is 4.90 Å². The minimum Gasteiger partial charge on any atom is -0.344 e. The number of hydrogen-bond acceptors (Lipinski definition) is 3. The van der Waals surface area contributed by atoms with Gasteiger partial charge in [0.15, 0.2) is 14.6 Å². The van der Waals surface area contributed by atoms with Crippen LogP contribution in [0.1, 0.15) is 37.7 Å². The van der Waals surface area contributed by atoms with Crippen molar-refractivity contribution in [3.8, 4) is 0 Å². The molecule has 28 heavy (non-hydrogen) atoms. The second kappa shape index (κ2) is 8.66. The maximum absolute atomic E-state index is 13.4. The molecule has 0 bridgehead atoms. The molecule has 2 aromatic carbocycles. The van der Waals surface area contributed by atoms with Crippen molar-refractivity contribution in [1.29, 1.82) is 0 Å². The number of nitrogens with zero attached hydrogens (tertiary/aromatic N) is 1. The second-order valence-corrected chi connectivity index (χ2v) is 10.2. The van der Waals surface area contributed by atoms with E-state index >= 15 is 0 Å². The topological polar surface area (TPSA) is 54.5 Å². The molecule has 150 valence electrons. The SMILES string of the molecule is CN(CCCc1ccccc1)C(=O)C1(S(=O)(=O)c2ccc(Cl)cc2)CCCC1. The predicted molar refractivity (Wildman–Crippen MR) is 112 cm³/mol. The molecule has 3 rings (SSSR count). The van der Waals surface area contributed by atoms with Gasteiger partial charge in [0, 0.05) is 18.6 Å². The Bertz CT molecular complexity index is 905. The van der Waals surface area contributed by atoms with Crippen LogP contribution in [0.4, 0.5) is 0 Å². The number of rotatable bonds is 7. The van der Waals surface area contributed by atoms with Gasteiger partial charge in [-0.3, -0.25) is 4.79 Å². The summed E-state index contributed by atoms with van der Waals surface area (Å²) in [6.45, 7) is 0.533. The standard InChI is InChI=1S/C22H26ClNO3S/c1-24(17-7-10-18-8-3-2-4-9-18)21(25)22(15-5-6-16-22)28(26,27)20-13-11-19(23)12-14-20/h2-4,8-9,11-14H,5-7,10,15-17H2,1H3. The van der Waals surface area contributed by atoms with E-state index in [1.54, 1.807) is 24.1 Å². The third-order valence-electron chi connectivity index (χ3n) is 5.59. The van der Waals surface area contributed by atoms with E-state index in [4.69, 9.17) is 11.6 Å². The number of aryl methyl sites for hydroxylation is 1. The fourth-order valence-corrected chi connectivity index (χ4v) is 6.28. The van der Waals surface area contributed by atoms with Gasteiger partial charge in [-0.2, -0.15) is 0 Å². The molecule has 6 heteroatoms. The van der Waals surface area contributed by atoms with Gasteiger partial charge in [0.25, 0.3) is 0 Å². The Labute approximate surface area is 172 Å². The Hall–Kier alpha value is -1.85. The number of benzene rings is 2. The first kappa shape index (κ1) is 20.9. The van der Waals surface area contributed by atoms with Crippen molar-refractivity contribution in [2.24, 2.45) is 0 Å². The molecule has 1 saturated carbocycles. The van der Waals surface area contributed by atoms with E-state index in [0.29, 0.717) is 24.4 Å². The van der Waals surface area contributed by atoms with Crippen molar-refractivity contribution < 1.29 is 13.2 Å². The summed E-state index contributed by atoms with van der Waals surface area (Å²) < 4.78 is 25.5. The van der Waals surface area contributed by atoms with Crippen molar-refractivity contribution in [2.75, 3.05) is 13.6 Å². The largest absolute Gasteiger partial charge is 0.344 e. The summed E-state index contributed by atoms with van der Waals surface area (Å²) in [4.78, 5) is 15.1. The summed E-state index contributed by atoms with van der Waals surface area (Å²) >= 11 is 5.91. The molecule has 0 aliphatic heterocycles. The van der Waals surface area contributed by atoms with Crippen molar-refractivity contribution >= 4 is 27.3 Å². The molecule has 1 aliphatic rings. The van der Waals surface area contributed by atoms with Crippen LogP contribution < -0.4 is 0 Å². The van der Waals surface area contributed by atoms with Crippen molar-refractivity contribution in [2.45, 2.75) is 48.2 Å². The monoisotopic (exact) mass is 419 g/mol. The lowest BCUT2D eigenvalue weighted by atomic mass is 10.0. The molecular formula is C22H26ClNO3S. The average Bonchev–Trinajstić information content (AvgIpc) is 3.20. The second-order valence-electron chi connectivity index (χ2n) is 7.47. The molecule has 0 unspecified atom stereocenters. The third kappa shape index (κ3) is 4.11. The van der Waals surface area contributed by atoms with Gasteiger partial charge in [-0.05, 0) is 55.5 Å². The Morgan fingerprint density at radius 1 is 1.04 bits per heavy atom.